The van der Waals surface area contributed by atoms with Crippen LogP contribution >= 0.6 is 12.4 Å². The molecule has 2 nitrogen and oxygen atoms in total. The van der Waals surface area contributed by atoms with Gasteiger partial charge in [0.1, 0.15) is 5.75 Å². The first-order chi connectivity index (χ1) is 8.36. The Morgan fingerprint density at radius 3 is 2.44 bits per heavy atom. The summed E-state index contributed by atoms with van der Waals surface area (Å²) in [5.41, 5.74) is 10.6. The number of hydrogen-bond acceptors (Lipinski definition) is 2. The normalized spacial score (nSPS) is 12.5. The Kier molecular flexibility index (Phi) is 3.90. The molecule has 0 amide bonds. The van der Waals surface area contributed by atoms with Crippen molar-refractivity contribution < 1.29 is 4.74 Å². The van der Waals surface area contributed by atoms with E-state index < -0.39 is 0 Å². The van der Waals surface area contributed by atoms with E-state index in [0.29, 0.717) is 6.54 Å². The van der Waals surface area contributed by atoms with Gasteiger partial charge < -0.3 is 10.5 Å². The smallest absolute Gasteiger partial charge is 0.122 e. The van der Waals surface area contributed by atoms with E-state index in [1.54, 1.807) is 0 Å². The van der Waals surface area contributed by atoms with Gasteiger partial charge >= 0.3 is 0 Å². The topological polar surface area (TPSA) is 35.2 Å². The third kappa shape index (κ3) is 2.35. The van der Waals surface area contributed by atoms with E-state index in [-0.39, 0.29) is 12.4 Å². The van der Waals surface area contributed by atoms with Crippen LogP contribution in [0.25, 0.3) is 11.1 Å². The fourth-order valence-electron chi connectivity index (χ4n) is 2.20. The predicted molar refractivity (Wildman–Crippen MR) is 76.2 cm³/mol. The van der Waals surface area contributed by atoms with E-state index in [1.165, 1.54) is 22.3 Å². The van der Waals surface area contributed by atoms with E-state index >= 15 is 0 Å². The molecule has 2 aromatic rings. The predicted octanol–water partition coefficient (Wildman–Crippen LogP) is 3.17. The van der Waals surface area contributed by atoms with E-state index in [2.05, 4.69) is 42.5 Å². The van der Waals surface area contributed by atoms with Gasteiger partial charge in [0.2, 0.25) is 0 Å². The van der Waals surface area contributed by atoms with Crippen molar-refractivity contribution in [3.8, 4) is 16.9 Å². The Labute approximate surface area is 113 Å². The molecular weight excluding hydrogens is 246 g/mol. The lowest BCUT2D eigenvalue weighted by Gasteiger charge is -2.05. The van der Waals surface area contributed by atoms with Crippen molar-refractivity contribution in [1.29, 1.82) is 0 Å². The Bertz CT molecular complexity index is 537. The zero-order valence-corrected chi connectivity index (χ0v) is 10.9. The van der Waals surface area contributed by atoms with Gasteiger partial charge in [-0.15, -0.1) is 12.4 Å². The number of benzene rings is 2. The van der Waals surface area contributed by atoms with Crippen molar-refractivity contribution in [1.82, 2.24) is 0 Å². The average Bonchev–Trinajstić information content (AvgIpc) is 2.86. The molecule has 0 fully saturated rings. The molecule has 0 atom stereocenters. The number of hydrogen-bond donors (Lipinski definition) is 1. The zero-order valence-electron chi connectivity index (χ0n) is 10.1. The Morgan fingerprint density at radius 1 is 1.00 bits per heavy atom. The molecule has 94 valence electrons. The lowest BCUT2D eigenvalue weighted by molar-refractivity contribution is 0.357. The molecule has 0 saturated carbocycles. The summed E-state index contributed by atoms with van der Waals surface area (Å²) >= 11 is 0. The van der Waals surface area contributed by atoms with Crippen molar-refractivity contribution in [2.24, 2.45) is 5.73 Å². The third-order valence-corrected chi connectivity index (χ3v) is 3.21. The van der Waals surface area contributed by atoms with Crippen molar-refractivity contribution in [2.75, 3.05) is 6.61 Å². The second kappa shape index (κ2) is 5.42. The maximum absolute atomic E-state index is 5.60. The molecule has 0 spiro atoms. The SMILES string of the molecule is Cl.NCc1ccc(-c2ccc3c(c2)CCO3)cc1. The fourth-order valence-corrected chi connectivity index (χ4v) is 2.20. The van der Waals surface area contributed by atoms with Gasteiger partial charge in [-0.1, -0.05) is 30.3 Å². The Balaban J connectivity index is 0.00000120. The molecule has 3 rings (SSSR count). The number of ether oxygens (including phenoxy) is 1. The van der Waals surface area contributed by atoms with Gasteiger partial charge in [-0.3, -0.25) is 0 Å². The number of halogens is 1. The minimum absolute atomic E-state index is 0. The molecule has 1 aliphatic heterocycles. The molecule has 0 bridgehead atoms. The first kappa shape index (κ1) is 12.9. The van der Waals surface area contributed by atoms with Crippen molar-refractivity contribution in [3.05, 3.63) is 53.6 Å². The number of nitrogens with two attached hydrogens (primary N) is 1. The van der Waals surface area contributed by atoms with Crippen LogP contribution in [-0.4, -0.2) is 6.61 Å². The van der Waals surface area contributed by atoms with Gasteiger partial charge in [0.05, 0.1) is 6.61 Å². The second-order valence-corrected chi connectivity index (χ2v) is 4.32. The highest BCUT2D eigenvalue weighted by Gasteiger charge is 2.12. The summed E-state index contributed by atoms with van der Waals surface area (Å²) in [5, 5.41) is 0. The molecule has 2 aromatic carbocycles. The van der Waals surface area contributed by atoms with Crippen LogP contribution in [0.1, 0.15) is 11.1 Å². The summed E-state index contributed by atoms with van der Waals surface area (Å²) in [7, 11) is 0. The molecular formula is C15H16ClNO. The number of rotatable bonds is 2. The van der Waals surface area contributed by atoms with Gasteiger partial charge in [0, 0.05) is 13.0 Å². The standard InChI is InChI=1S/C15H15NO.ClH/c16-10-11-1-3-12(4-2-11)13-5-6-15-14(9-13)7-8-17-15;/h1-6,9H,7-8,10,16H2;1H. The summed E-state index contributed by atoms with van der Waals surface area (Å²) in [6, 6.07) is 14.8. The van der Waals surface area contributed by atoms with Gasteiger partial charge in [-0.2, -0.15) is 0 Å². The quantitative estimate of drug-likeness (QED) is 0.901. The molecule has 0 aliphatic carbocycles. The molecule has 3 heteroatoms. The van der Waals surface area contributed by atoms with Crippen LogP contribution in [0, 0.1) is 0 Å². The zero-order chi connectivity index (χ0) is 11.7. The minimum atomic E-state index is 0. The lowest BCUT2D eigenvalue weighted by Crippen LogP contribution is -1.95. The fraction of sp³-hybridized carbons (Fsp3) is 0.200. The van der Waals surface area contributed by atoms with Crippen molar-refractivity contribution in [2.45, 2.75) is 13.0 Å². The van der Waals surface area contributed by atoms with E-state index in [0.717, 1.165) is 18.8 Å². The molecule has 0 radical (unpaired) electrons. The van der Waals surface area contributed by atoms with Gasteiger partial charge in [0.25, 0.3) is 0 Å². The van der Waals surface area contributed by atoms with E-state index in [4.69, 9.17) is 10.5 Å². The molecule has 0 unspecified atom stereocenters. The maximum atomic E-state index is 5.60. The molecule has 2 N–H and O–H groups in total. The van der Waals surface area contributed by atoms with Gasteiger partial charge in [-0.05, 0) is 34.4 Å². The Hall–Kier alpha value is -1.51. The van der Waals surface area contributed by atoms with Crippen LogP contribution in [0.4, 0.5) is 0 Å². The summed E-state index contributed by atoms with van der Waals surface area (Å²) in [6.45, 7) is 1.41. The summed E-state index contributed by atoms with van der Waals surface area (Å²) < 4.78 is 5.51. The van der Waals surface area contributed by atoms with Crippen molar-refractivity contribution >= 4 is 12.4 Å². The van der Waals surface area contributed by atoms with Crippen LogP contribution in [0.15, 0.2) is 42.5 Å². The van der Waals surface area contributed by atoms with Crippen LogP contribution in [0.2, 0.25) is 0 Å². The first-order valence-corrected chi connectivity index (χ1v) is 5.92. The van der Waals surface area contributed by atoms with Crippen LogP contribution in [0.5, 0.6) is 5.75 Å². The summed E-state index contributed by atoms with van der Waals surface area (Å²) in [4.78, 5) is 0. The van der Waals surface area contributed by atoms with Crippen LogP contribution in [-0.2, 0) is 13.0 Å². The number of fused-ring (bicyclic) bond motifs is 1. The monoisotopic (exact) mass is 261 g/mol. The van der Waals surface area contributed by atoms with E-state index in [1.807, 2.05) is 0 Å². The molecule has 1 heterocycles. The lowest BCUT2D eigenvalue weighted by atomic mass is 10.0. The highest BCUT2D eigenvalue weighted by molar-refractivity contribution is 5.85. The average molecular weight is 262 g/mol. The van der Waals surface area contributed by atoms with E-state index in [9.17, 15) is 0 Å². The maximum Gasteiger partial charge on any atom is 0.122 e. The highest BCUT2D eigenvalue weighted by Crippen LogP contribution is 2.30. The van der Waals surface area contributed by atoms with Gasteiger partial charge in [-0.25, -0.2) is 0 Å². The molecule has 18 heavy (non-hydrogen) atoms. The third-order valence-electron chi connectivity index (χ3n) is 3.21. The minimum Gasteiger partial charge on any atom is -0.493 e. The van der Waals surface area contributed by atoms with Crippen molar-refractivity contribution in [3.63, 3.8) is 0 Å². The Morgan fingerprint density at radius 2 is 1.72 bits per heavy atom. The summed E-state index contributed by atoms with van der Waals surface area (Å²) in [5.74, 6) is 1.03. The summed E-state index contributed by atoms with van der Waals surface area (Å²) in [6.07, 6.45) is 1.02. The second-order valence-electron chi connectivity index (χ2n) is 4.32. The molecule has 1 aliphatic rings. The molecule has 0 saturated heterocycles. The van der Waals surface area contributed by atoms with Crippen LogP contribution < -0.4 is 10.5 Å². The van der Waals surface area contributed by atoms with Gasteiger partial charge in [0.15, 0.2) is 0 Å². The largest absolute Gasteiger partial charge is 0.493 e. The van der Waals surface area contributed by atoms with Crippen LogP contribution in [0.3, 0.4) is 0 Å². The first-order valence-electron chi connectivity index (χ1n) is 5.92. The molecule has 0 aromatic heterocycles. The highest BCUT2D eigenvalue weighted by atomic mass is 35.5.